The SMILES string of the molecule is O=c1c2cc3c(=O)n(C4CCCCCC4)ccc3nc2ccn1CCc1ccccc1. The highest BCUT2D eigenvalue weighted by atomic mass is 16.1. The van der Waals surface area contributed by atoms with Gasteiger partial charge in [0.1, 0.15) is 0 Å². The summed E-state index contributed by atoms with van der Waals surface area (Å²) >= 11 is 0. The Balaban J connectivity index is 1.55. The number of rotatable bonds is 4. The summed E-state index contributed by atoms with van der Waals surface area (Å²) in [7, 11) is 0. The Bertz CT molecular complexity index is 1330. The minimum absolute atomic E-state index is 0.0297. The molecule has 4 aromatic rings. The van der Waals surface area contributed by atoms with Crippen LogP contribution in [0, 0.1) is 0 Å². The van der Waals surface area contributed by atoms with Gasteiger partial charge >= 0.3 is 0 Å². The monoisotopic (exact) mass is 413 g/mol. The number of benzene rings is 1. The van der Waals surface area contributed by atoms with Crippen molar-refractivity contribution in [2.45, 2.75) is 57.5 Å². The summed E-state index contributed by atoms with van der Waals surface area (Å²) < 4.78 is 3.59. The van der Waals surface area contributed by atoms with E-state index < -0.39 is 0 Å². The smallest absolute Gasteiger partial charge is 0.260 e. The van der Waals surface area contributed by atoms with E-state index in [9.17, 15) is 9.59 Å². The lowest BCUT2D eigenvalue weighted by atomic mass is 10.1. The molecule has 5 nitrogen and oxygen atoms in total. The second-order valence-corrected chi connectivity index (χ2v) is 8.58. The number of fused-ring (bicyclic) bond motifs is 2. The van der Waals surface area contributed by atoms with Crippen molar-refractivity contribution in [2.75, 3.05) is 0 Å². The van der Waals surface area contributed by atoms with E-state index in [0.717, 1.165) is 32.1 Å². The summed E-state index contributed by atoms with van der Waals surface area (Å²) in [5.74, 6) is 0. The van der Waals surface area contributed by atoms with Gasteiger partial charge in [-0.05, 0) is 43.0 Å². The van der Waals surface area contributed by atoms with Gasteiger partial charge in [0.15, 0.2) is 0 Å². The fourth-order valence-corrected chi connectivity index (χ4v) is 4.77. The molecule has 0 aliphatic heterocycles. The summed E-state index contributed by atoms with van der Waals surface area (Å²) in [6.07, 6.45) is 11.4. The summed E-state index contributed by atoms with van der Waals surface area (Å²) in [4.78, 5) is 31.1. The maximum atomic E-state index is 13.3. The molecule has 0 N–H and O–H groups in total. The Labute approximate surface area is 181 Å². The van der Waals surface area contributed by atoms with Crippen LogP contribution in [0.15, 0.2) is 70.5 Å². The fraction of sp³-hybridized carbons (Fsp3) is 0.346. The Morgan fingerprint density at radius 3 is 2.23 bits per heavy atom. The van der Waals surface area contributed by atoms with E-state index in [1.54, 1.807) is 16.8 Å². The summed E-state index contributed by atoms with van der Waals surface area (Å²) in [5.41, 5.74) is 2.37. The van der Waals surface area contributed by atoms with Crippen LogP contribution in [0.5, 0.6) is 0 Å². The topological polar surface area (TPSA) is 56.9 Å². The van der Waals surface area contributed by atoms with Gasteiger partial charge in [-0.25, -0.2) is 4.98 Å². The molecule has 0 radical (unpaired) electrons. The molecule has 1 saturated carbocycles. The Hall–Kier alpha value is -3.21. The number of pyridine rings is 3. The highest BCUT2D eigenvalue weighted by Crippen LogP contribution is 2.26. The summed E-state index contributed by atoms with van der Waals surface area (Å²) in [6.45, 7) is 0.595. The van der Waals surface area contributed by atoms with E-state index in [4.69, 9.17) is 0 Å². The molecule has 1 aromatic carbocycles. The lowest BCUT2D eigenvalue weighted by molar-refractivity contribution is 0.434. The molecule has 0 saturated heterocycles. The van der Waals surface area contributed by atoms with Crippen LogP contribution in [0.2, 0.25) is 0 Å². The predicted octanol–water partition coefficient (Wildman–Crippen LogP) is 4.85. The van der Waals surface area contributed by atoms with Gasteiger partial charge in [-0.15, -0.1) is 0 Å². The van der Waals surface area contributed by atoms with E-state index in [2.05, 4.69) is 17.1 Å². The third-order valence-corrected chi connectivity index (χ3v) is 6.55. The molecule has 0 bridgehead atoms. The van der Waals surface area contributed by atoms with Crippen LogP contribution in [0.4, 0.5) is 0 Å². The van der Waals surface area contributed by atoms with Gasteiger partial charge in [0.2, 0.25) is 0 Å². The van der Waals surface area contributed by atoms with Crippen molar-refractivity contribution in [3.05, 3.63) is 87.2 Å². The maximum absolute atomic E-state index is 13.3. The molecule has 158 valence electrons. The maximum Gasteiger partial charge on any atom is 0.260 e. The number of aromatic nitrogens is 3. The van der Waals surface area contributed by atoms with Crippen molar-refractivity contribution in [3.8, 4) is 0 Å². The molecular formula is C26H27N3O2. The zero-order valence-electron chi connectivity index (χ0n) is 17.7. The second-order valence-electron chi connectivity index (χ2n) is 8.58. The Morgan fingerprint density at radius 2 is 1.48 bits per heavy atom. The Morgan fingerprint density at radius 1 is 0.806 bits per heavy atom. The third kappa shape index (κ3) is 3.92. The number of aryl methyl sites for hydroxylation is 2. The van der Waals surface area contributed by atoms with Crippen molar-refractivity contribution in [2.24, 2.45) is 0 Å². The van der Waals surface area contributed by atoms with Gasteiger partial charge in [0.05, 0.1) is 21.8 Å². The van der Waals surface area contributed by atoms with Gasteiger partial charge in [-0.1, -0.05) is 56.0 Å². The molecule has 3 aromatic heterocycles. The van der Waals surface area contributed by atoms with Crippen molar-refractivity contribution < 1.29 is 0 Å². The molecule has 5 heteroatoms. The molecule has 0 amide bonds. The van der Waals surface area contributed by atoms with Crippen LogP contribution in [-0.4, -0.2) is 14.1 Å². The molecule has 5 rings (SSSR count). The second kappa shape index (κ2) is 8.50. The minimum Gasteiger partial charge on any atom is -0.315 e. The van der Waals surface area contributed by atoms with Crippen LogP contribution in [0.25, 0.3) is 21.8 Å². The van der Waals surface area contributed by atoms with Crippen LogP contribution in [0.3, 0.4) is 0 Å². The van der Waals surface area contributed by atoms with Gasteiger partial charge in [0, 0.05) is 25.0 Å². The van der Waals surface area contributed by atoms with Gasteiger partial charge in [-0.3, -0.25) is 9.59 Å². The van der Waals surface area contributed by atoms with Crippen molar-refractivity contribution >= 4 is 21.8 Å². The van der Waals surface area contributed by atoms with Crippen LogP contribution < -0.4 is 11.1 Å². The van der Waals surface area contributed by atoms with E-state index in [0.29, 0.717) is 28.4 Å². The van der Waals surface area contributed by atoms with E-state index >= 15 is 0 Å². The molecule has 1 aliphatic carbocycles. The highest BCUT2D eigenvalue weighted by Gasteiger charge is 2.17. The van der Waals surface area contributed by atoms with Crippen LogP contribution in [0.1, 0.15) is 50.1 Å². The van der Waals surface area contributed by atoms with Crippen LogP contribution in [-0.2, 0) is 13.0 Å². The average molecular weight is 414 g/mol. The predicted molar refractivity (Wildman–Crippen MR) is 125 cm³/mol. The van der Waals surface area contributed by atoms with E-state index in [1.165, 1.54) is 18.4 Å². The molecule has 0 spiro atoms. The standard InChI is InChI=1S/C26H27N3O2/c30-25-21-18-22-24(14-17-29(26(22)31)20-10-6-1-2-7-11-20)27-23(21)13-16-28(25)15-12-19-8-4-3-5-9-19/h3-5,8-9,13-14,16-18,20H,1-2,6-7,10-12,15H2. The molecule has 3 heterocycles. The number of hydrogen-bond acceptors (Lipinski definition) is 3. The summed E-state index contributed by atoms with van der Waals surface area (Å²) in [5, 5.41) is 1.05. The first-order valence-corrected chi connectivity index (χ1v) is 11.3. The molecular weight excluding hydrogens is 386 g/mol. The van der Waals surface area contributed by atoms with Gasteiger partial charge in [0.25, 0.3) is 11.1 Å². The zero-order chi connectivity index (χ0) is 21.2. The first-order valence-electron chi connectivity index (χ1n) is 11.3. The van der Waals surface area contributed by atoms with Crippen LogP contribution >= 0.6 is 0 Å². The minimum atomic E-state index is -0.0906. The quantitative estimate of drug-likeness (QED) is 0.355. The zero-order valence-corrected chi connectivity index (χ0v) is 17.7. The normalized spacial score (nSPS) is 15.4. The first-order chi connectivity index (χ1) is 15.2. The Kier molecular flexibility index (Phi) is 5.41. The number of nitrogens with zero attached hydrogens (tertiary/aromatic N) is 3. The lowest BCUT2D eigenvalue weighted by Gasteiger charge is -2.18. The van der Waals surface area contributed by atoms with Crippen molar-refractivity contribution in [1.29, 1.82) is 0 Å². The highest BCUT2D eigenvalue weighted by molar-refractivity contribution is 5.91. The summed E-state index contributed by atoms with van der Waals surface area (Å²) in [6, 6.07) is 15.9. The molecule has 1 aliphatic rings. The van der Waals surface area contributed by atoms with Gasteiger partial charge in [-0.2, -0.15) is 0 Å². The third-order valence-electron chi connectivity index (χ3n) is 6.55. The van der Waals surface area contributed by atoms with Crippen molar-refractivity contribution in [1.82, 2.24) is 14.1 Å². The van der Waals surface area contributed by atoms with E-state index in [-0.39, 0.29) is 17.2 Å². The van der Waals surface area contributed by atoms with E-state index in [1.807, 2.05) is 41.1 Å². The average Bonchev–Trinajstić information content (AvgIpc) is 3.08. The first kappa shape index (κ1) is 19.7. The fourth-order valence-electron chi connectivity index (χ4n) is 4.77. The lowest BCUT2D eigenvalue weighted by Crippen LogP contribution is -2.25. The largest absolute Gasteiger partial charge is 0.315 e. The molecule has 0 unspecified atom stereocenters. The van der Waals surface area contributed by atoms with Gasteiger partial charge < -0.3 is 9.13 Å². The van der Waals surface area contributed by atoms with Crippen molar-refractivity contribution in [3.63, 3.8) is 0 Å². The molecule has 31 heavy (non-hydrogen) atoms. The molecule has 0 atom stereocenters. The number of hydrogen-bond donors (Lipinski definition) is 0. The molecule has 1 fully saturated rings.